The molecule has 2 heterocycles. The van der Waals surface area contributed by atoms with Crippen LogP contribution in [-0.4, -0.2) is 44.7 Å². The summed E-state index contributed by atoms with van der Waals surface area (Å²) in [5, 5.41) is 10.8. The molecule has 6 nitrogen and oxygen atoms in total. The van der Waals surface area contributed by atoms with Crippen molar-refractivity contribution in [2.45, 2.75) is 38.5 Å². The minimum absolute atomic E-state index is 0.0203. The molecule has 1 N–H and O–H groups in total. The summed E-state index contributed by atoms with van der Waals surface area (Å²) in [4.78, 5) is 19.6. The lowest BCUT2D eigenvalue weighted by atomic mass is 10.1. The summed E-state index contributed by atoms with van der Waals surface area (Å²) in [6, 6.07) is 25.8. The molecule has 1 aromatic heterocycles. The number of carbonyl (C=O) groups is 1. The van der Waals surface area contributed by atoms with Gasteiger partial charge < -0.3 is 19.3 Å². The number of fused-ring (bicyclic) bond motifs is 1. The van der Waals surface area contributed by atoms with E-state index in [0.29, 0.717) is 26.1 Å². The molecule has 0 radical (unpaired) electrons. The Morgan fingerprint density at radius 3 is 2.59 bits per heavy atom. The molecule has 0 spiro atoms. The van der Waals surface area contributed by atoms with Crippen molar-refractivity contribution in [2.24, 2.45) is 0 Å². The van der Waals surface area contributed by atoms with Crippen LogP contribution in [-0.2, 0) is 17.9 Å². The second kappa shape index (κ2) is 9.69. The van der Waals surface area contributed by atoms with Crippen LogP contribution in [0.3, 0.4) is 0 Å². The van der Waals surface area contributed by atoms with Gasteiger partial charge in [-0.1, -0.05) is 60.7 Å². The smallest absolute Gasteiger partial charge is 0.223 e. The minimum Gasteiger partial charge on any atom is -0.491 e. The number of carbonyl (C=O) groups excluding carboxylic acids is 1. The van der Waals surface area contributed by atoms with Crippen molar-refractivity contribution < 1.29 is 14.6 Å². The zero-order valence-electron chi connectivity index (χ0n) is 19.3. The number of hydrogen-bond donors (Lipinski definition) is 1. The number of likely N-dealkylation sites (tertiary alicyclic amines) is 1. The molecule has 0 aliphatic carbocycles. The number of nitrogens with zero attached hydrogens (tertiary/aromatic N) is 3. The maximum atomic E-state index is 12.8. The number of benzene rings is 3. The van der Waals surface area contributed by atoms with Gasteiger partial charge in [-0.15, -0.1) is 0 Å². The maximum Gasteiger partial charge on any atom is 0.223 e. The Morgan fingerprint density at radius 2 is 1.76 bits per heavy atom. The summed E-state index contributed by atoms with van der Waals surface area (Å²) in [5.74, 6) is 1.74. The third-order valence-corrected chi connectivity index (χ3v) is 6.40. The number of hydrogen-bond acceptors (Lipinski definition) is 4. The van der Waals surface area contributed by atoms with Crippen molar-refractivity contribution in [3.05, 3.63) is 95.8 Å². The molecule has 6 heteroatoms. The molecule has 2 atom stereocenters. The van der Waals surface area contributed by atoms with E-state index in [1.54, 1.807) is 0 Å². The van der Waals surface area contributed by atoms with Crippen LogP contribution in [0.25, 0.3) is 11.0 Å². The van der Waals surface area contributed by atoms with E-state index in [1.807, 2.05) is 90.7 Å². The van der Waals surface area contributed by atoms with Gasteiger partial charge in [0.05, 0.1) is 17.6 Å². The van der Waals surface area contributed by atoms with E-state index in [2.05, 4.69) is 4.57 Å². The van der Waals surface area contributed by atoms with Gasteiger partial charge in [0, 0.05) is 25.4 Å². The van der Waals surface area contributed by atoms with E-state index in [1.165, 1.54) is 0 Å². The molecule has 5 rings (SSSR count). The van der Waals surface area contributed by atoms with E-state index >= 15 is 0 Å². The molecule has 4 aromatic rings. The first kappa shape index (κ1) is 22.2. The van der Waals surface area contributed by atoms with Crippen LogP contribution in [0.15, 0.2) is 78.9 Å². The van der Waals surface area contributed by atoms with Gasteiger partial charge >= 0.3 is 0 Å². The van der Waals surface area contributed by atoms with Crippen molar-refractivity contribution >= 4 is 16.9 Å². The fraction of sp³-hybridized carbons (Fsp3) is 0.286. The third-order valence-electron chi connectivity index (χ3n) is 6.40. The highest BCUT2D eigenvalue weighted by atomic mass is 16.5. The van der Waals surface area contributed by atoms with Gasteiger partial charge in [-0.2, -0.15) is 0 Å². The summed E-state index contributed by atoms with van der Waals surface area (Å²) in [7, 11) is 0. The zero-order valence-corrected chi connectivity index (χ0v) is 19.3. The van der Waals surface area contributed by atoms with Crippen molar-refractivity contribution in [1.29, 1.82) is 0 Å². The normalized spacial score (nSPS) is 16.8. The molecule has 1 aliphatic heterocycles. The molecule has 0 bridgehead atoms. The zero-order chi connectivity index (χ0) is 23.5. The molecular formula is C28H29N3O3. The van der Waals surface area contributed by atoms with E-state index in [4.69, 9.17) is 9.72 Å². The third kappa shape index (κ3) is 4.68. The fourth-order valence-electron chi connectivity index (χ4n) is 4.67. The van der Waals surface area contributed by atoms with Crippen LogP contribution in [0.1, 0.15) is 29.3 Å². The number of aliphatic hydroxyl groups is 1. The van der Waals surface area contributed by atoms with Gasteiger partial charge in [0.15, 0.2) is 0 Å². The molecule has 0 unspecified atom stereocenters. The monoisotopic (exact) mass is 455 g/mol. The van der Waals surface area contributed by atoms with Crippen LogP contribution >= 0.6 is 0 Å². The Labute approximate surface area is 199 Å². The van der Waals surface area contributed by atoms with Gasteiger partial charge in [0.2, 0.25) is 5.91 Å². The molecule has 1 amide bonds. The van der Waals surface area contributed by atoms with E-state index in [0.717, 1.165) is 33.7 Å². The van der Waals surface area contributed by atoms with Gasteiger partial charge in [-0.3, -0.25) is 4.79 Å². The van der Waals surface area contributed by atoms with Crippen molar-refractivity contribution in [3.8, 4) is 5.75 Å². The summed E-state index contributed by atoms with van der Waals surface area (Å²) < 4.78 is 7.94. The molecule has 1 fully saturated rings. The Morgan fingerprint density at radius 1 is 1.03 bits per heavy atom. The number of rotatable bonds is 8. The van der Waals surface area contributed by atoms with Gasteiger partial charge in [-0.25, -0.2) is 4.98 Å². The number of aromatic nitrogens is 2. The maximum absolute atomic E-state index is 12.8. The van der Waals surface area contributed by atoms with Crippen LogP contribution < -0.4 is 4.74 Å². The number of amides is 1. The number of para-hydroxylation sites is 3. The van der Waals surface area contributed by atoms with Crippen molar-refractivity contribution in [3.63, 3.8) is 0 Å². The molecule has 1 saturated heterocycles. The number of ether oxygens (including phenoxy) is 1. The summed E-state index contributed by atoms with van der Waals surface area (Å²) in [6.07, 6.45) is -0.292. The second-order valence-corrected chi connectivity index (χ2v) is 8.96. The lowest BCUT2D eigenvalue weighted by molar-refractivity contribution is -0.128. The molecular weight excluding hydrogens is 426 g/mol. The highest BCUT2D eigenvalue weighted by Gasteiger charge is 2.34. The fourth-order valence-corrected chi connectivity index (χ4v) is 4.67. The first-order valence-corrected chi connectivity index (χ1v) is 11.7. The SMILES string of the molecule is Cc1ccccc1OC[C@H](O)Cn1c([C@H]2CC(=O)N(Cc3ccccc3)C2)nc2ccccc21. The standard InChI is InChI=1S/C28H29N3O3/c1-20-9-5-8-14-26(20)34-19-23(32)18-31-25-13-7-6-12-24(25)29-28(31)22-15-27(33)30(17-22)16-21-10-3-2-4-11-21/h2-14,22-23,32H,15-19H2,1H3/t22-,23+/m0/s1. The van der Waals surface area contributed by atoms with Crippen LogP contribution in [0, 0.1) is 6.92 Å². The first-order chi connectivity index (χ1) is 16.6. The summed E-state index contributed by atoms with van der Waals surface area (Å²) >= 11 is 0. The number of imidazole rings is 1. The predicted octanol–water partition coefficient (Wildman–Crippen LogP) is 4.30. The van der Waals surface area contributed by atoms with Gasteiger partial charge in [0.1, 0.15) is 24.3 Å². The summed E-state index contributed by atoms with van der Waals surface area (Å²) in [5.41, 5.74) is 3.99. The summed E-state index contributed by atoms with van der Waals surface area (Å²) in [6.45, 7) is 3.74. The molecule has 1 aliphatic rings. The highest BCUT2D eigenvalue weighted by molar-refractivity contribution is 5.81. The van der Waals surface area contributed by atoms with Crippen LogP contribution in [0.4, 0.5) is 0 Å². The lowest BCUT2D eigenvalue weighted by Crippen LogP contribution is -2.26. The van der Waals surface area contributed by atoms with Crippen LogP contribution in [0.2, 0.25) is 0 Å². The van der Waals surface area contributed by atoms with Crippen molar-refractivity contribution in [1.82, 2.24) is 14.5 Å². The molecule has 0 saturated carbocycles. The molecule has 3 aromatic carbocycles. The van der Waals surface area contributed by atoms with Gasteiger partial charge in [-0.05, 0) is 36.2 Å². The van der Waals surface area contributed by atoms with E-state index < -0.39 is 6.10 Å². The molecule has 174 valence electrons. The molecule has 34 heavy (non-hydrogen) atoms. The average molecular weight is 456 g/mol. The largest absolute Gasteiger partial charge is 0.491 e. The van der Waals surface area contributed by atoms with E-state index in [9.17, 15) is 9.90 Å². The number of aliphatic hydroxyl groups excluding tert-OH is 1. The van der Waals surface area contributed by atoms with E-state index in [-0.39, 0.29) is 18.4 Å². The number of aryl methyl sites for hydroxylation is 1. The highest BCUT2D eigenvalue weighted by Crippen LogP contribution is 2.31. The van der Waals surface area contributed by atoms with Crippen molar-refractivity contribution in [2.75, 3.05) is 13.2 Å². The Bertz CT molecular complexity index is 1280. The average Bonchev–Trinajstić information content (AvgIpc) is 3.39. The van der Waals surface area contributed by atoms with Crippen LogP contribution in [0.5, 0.6) is 5.75 Å². The predicted molar refractivity (Wildman–Crippen MR) is 132 cm³/mol. The first-order valence-electron chi connectivity index (χ1n) is 11.7. The lowest BCUT2D eigenvalue weighted by Gasteiger charge is -2.19. The quantitative estimate of drug-likeness (QED) is 0.430. The topological polar surface area (TPSA) is 67.6 Å². The van der Waals surface area contributed by atoms with Gasteiger partial charge in [0.25, 0.3) is 0 Å². The second-order valence-electron chi connectivity index (χ2n) is 8.96. The Balaban J connectivity index is 1.35. The Hall–Kier alpha value is -3.64. The Kier molecular flexibility index (Phi) is 6.32. The minimum atomic E-state index is -0.714.